The first-order valence-electron chi connectivity index (χ1n) is 9.31. The summed E-state index contributed by atoms with van der Waals surface area (Å²) in [5.74, 6) is 2.05. The Bertz CT molecular complexity index is 282. The van der Waals surface area contributed by atoms with E-state index in [9.17, 15) is 5.11 Å². The summed E-state index contributed by atoms with van der Waals surface area (Å²) in [6.07, 6.45) is 9.20. The number of aliphatic hydroxyl groups is 1. The van der Waals surface area contributed by atoms with Gasteiger partial charge in [0.05, 0.1) is 0 Å². The fraction of sp³-hybridized carbons (Fsp3) is 1.00. The van der Waals surface area contributed by atoms with Crippen LogP contribution in [0.1, 0.15) is 58.8 Å². The minimum Gasteiger partial charge on any atom is -0.396 e. The van der Waals surface area contributed by atoms with Crippen molar-refractivity contribution in [2.24, 2.45) is 17.8 Å². The van der Waals surface area contributed by atoms with Crippen molar-refractivity contribution < 1.29 is 5.11 Å². The number of rotatable bonds is 7. The van der Waals surface area contributed by atoms with Gasteiger partial charge in [-0.2, -0.15) is 0 Å². The number of nitrogens with one attached hydrogen (secondary N) is 1. The molecule has 2 fully saturated rings. The van der Waals surface area contributed by atoms with Gasteiger partial charge in [-0.15, -0.1) is 0 Å². The summed E-state index contributed by atoms with van der Waals surface area (Å²) in [6, 6.07) is 0.617. The van der Waals surface area contributed by atoms with Gasteiger partial charge < -0.3 is 15.3 Å². The molecule has 21 heavy (non-hydrogen) atoms. The predicted molar refractivity (Wildman–Crippen MR) is 89.5 cm³/mol. The van der Waals surface area contributed by atoms with Gasteiger partial charge >= 0.3 is 0 Å². The van der Waals surface area contributed by atoms with E-state index < -0.39 is 0 Å². The van der Waals surface area contributed by atoms with Crippen molar-refractivity contribution in [2.45, 2.75) is 64.8 Å². The third-order valence-corrected chi connectivity index (χ3v) is 5.79. The van der Waals surface area contributed by atoms with Gasteiger partial charge in [0, 0.05) is 19.2 Å². The van der Waals surface area contributed by atoms with E-state index in [2.05, 4.69) is 24.1 Å². The predicted octanol–water partition coefficient (Wildman–Crippen LogP) is 2.89. The van der Waals surface area contributed by atoms with Crippen molar-refractivity contribution in [3.63, 3.8) is 0 Å². The zero-order chi connectivity index (χ0) is 15.1. The van der Waals surface area contributed by atoms with Crippen LogP contribution in [0, 0.1) is 17.8 Å². The van der Waals surface area contributed by atoms with Crippen LogP contribution in [0.4, 0.5) is 0 Å². The fourth-order valence-corrected chi connectivity index (χ4v) is 4.32. The number of piperidine rings is 1. The first-order valence-corrected chi connectivity index (χ1v) is 9.31. The summed E-state index contributed by atoms with van der Waals surface area (Å²) in [7, 11) is 0. The molecule has 0 aromatic rings. The number of hydrogen-bond donors (Lipinski definition) is 2. The monoisotopic (exact) mass is 296 g/mol. The molecule has 3 nitrogen and oxygen atoms in total. The van der Waals surface area contributed by atoms with E-state index in [0.29, 0.717) is 24.5 Å². The number of aliphatic hydroxyl groups excluding tert-OH is 1. The van der Waals surface area contributed by atoms with Gasteiger partial charge in [0.25, 0.3) is 0 Å². The lowest BCUT2D eigenvalue weighted by Gasteiger charge is -2.37. The van der Waals surface area contributed by atoms with Crippen LogP contribution in [0.25, 0.3) is 0 Å². The molecule has 1 saturated carbocycles. The molecule has 1 heterocycles. The molecule has 2 aliphatic rings. The molecule has 2 N–H and O–H groups in total. The van der Waals surface area contributed by atoms with Gasteiger partial charge in [-0.3, -0.25) is 0 Å². The van der Waals surface area contributed by atoms with Gasteiger partial charge in [0.2, 0.25) is 0 Å². The molecule has 1 aliphatic heterocycles. The van der Waals surface area contributed by atoms with Crippen LogP contribution in [0.2, 0.25) is 0 Å². The Labute approximate surface area is 131 Å². The van der Waals surface area contributed by atoms with E-state index in [1.165, 1.54) is 64.6 Å². The second-order valence-electron chi connectivity index (χ2n) is 7.39. The van der Waals surface area contributed by atoms with Crippen LogP contribution in [-0.4, -0.2) is 48.8 Å². The molecular formula is C18H36N2O. The van der Waals surface area contributed by atoms with Gasteiger partial charge in [-0.1, -0.05) is 19.8 Å². The Morgan fingerprint density at radius 3 is 2.62 bits per heavy atom. The van der Waals surface area contributed by atoms with Crippen LogP contribution in [-0.2, 0) is 0 Å². The maximum absolute atomic E-state index is 9.53. The van der Waals surface area contributed by atoms with E-state index >= 15 is 0 Å². The lowest BCUT2D eigenvalue weighted by molar-refractivity contribution is 0.119. The van der Waals surface area contributed by atoms with E-state index in [0.717, 1.165) is 12.5 Å². The third kappa shape index (κ3) is 5.22. The number of nitrogens with zero attached hydrogens (tertiary/aromatic N) is 1. The lowest BCUT2D eigenvalue weighted by atomic mass is 9.79. The molecule has 1 saturated heterocycles. The molecule has 4 unspecified atom stereocenters. The normalized spacial score (nSPS) is 33.0. The number of hydrogen-bond acceptors (Lipinski definition) is 3. The SMILES string of the molecule is CCCN1CCCC(C(C)NCC2CCCCC2CO)C1. The Balaban J connectivity index is 1.74. The van der Waals surface area contributed by atoms with Crippen molar-refractivity contribution in [3.05, 3.63) is 0 Å². The van der Waals surface area contributed by atoms with Gasteiger partial charge in [0.1, 0.15) is 0 Å². The molecule has 124 valence electrons. The standard InChI is InChI=1S/C18H36N2O/c1-3-10-20-11-6-9-17(13-20)15(2)19-12-16-7-4-5-8-18(16)14-21/h15-19,21H,3-14H2,1-2H3. The number of likely N-dealkylation sites (tertiary alicyclic amines) is 1. The smallest absolute Gasteiger partial charge is 0.0462 e. The first-order chi connectivity index (χ1) is 10.2. The van der Waals surface area contributed by atoms with Crippen LogP contribution < -0.4 is 5.32 Å². The van der Waals surface area contributed by atoms with Crippen LogP contribution in [0.15, 0.2) is 0 Å². The van der Waals surface area contributed by atoms with Gasteiger partial charge in [0.15, 0.2) is 0 Å². The second-order valence-corrected chi connectivity index (χ2v) is 7.39. The molecule has 0 aromatic carbocycles. The van der Waals surface area contributed by atoms with E-state index in [1.807, 2.05) is 0 Å². The fourth-order valence-electron chi connectivity index (χ4n) is 4.32. The zero-order valence-electron chi connectivity index (χ0n) is 14.2. The van der Waals surface area contributed by atoms with Gasteiger partial charge in [-0.25, -0.2) is 0 Å². The molecular weight excluding hydrogens is 260 g/mol. The molecule has 2 rings (SSSR count). The van der Waals surface area contributed by atoms with Crippen molar-refractivity contribution >= 4 is 0 Å². The molecule has 0 radical (unpaired) electrons. The highest BCUT2D eigenvalue weighted by molar-refractivity contribution is 4.83. The highest BCUT2D eigenvalue weighted by Gasteiger charge is 2.27. The highest BCUT2D eigenvalue weighted by Crippen LogP contribution is 2.29. The van der Waals surface area contributed by atoms with Crippen molar-refractivity contribution in [1.82, 2.24) is 10.2 Å². The Kier molecular flexibility index (Phi) is 7.48. The van der Waals surface area contributed by atoms with Crippen LogP contribution in [0.3, 0.4) is 0 Å². The quantitative estimate of drug-likeness (QED) is 0.758. The summed E-state index contributed by atoms with van der Waals surface area (Å²) in [5, 5.41) is 13.3. The summed E-state index contributed by atoms with van der Waals surface area (Å²) in [4.78, 5) is 2.64. The maximum Gasteiger partial charge on any atom is 0.0462 e. The summed E-state index contributed by atoms with van der Waals surface area (Å²) in [5.41, 5.74) is 0. The van der Waals surface area contributed by atoms with Crippen molar-refractivity contribution in [1.29, 1.82) is 0 Å². The Morgan fingerprint density at radius 1 is 1.14 bits per heavy atom. The Hall–Kier alpha value is -0.120. The van der Waals surface area contributed by atoms with E-state index in [-0.39, 0.29) is 0 Å². The minimum atomic E-state index is 0.383. The molecule has 1 aliphatic carbocycles. The summed E-state index contributed by atoms with van der Waals surface area (Å²) >= 11 is 0. The van der Waals surface area contributed by atoms with Crippen LogP contribution in [0.5, 0.6) is 0 Å². The molecule has 0 aromatic heterocycles. The molecule has 4 atom stereocenters. The average molecular weight is 296 g/mol. The van der Waals surface area contributed by atoms with E-state index in [1.54, 1.807) is 0 Å². The second kappa shape index (κ2) is 9.12. The molecule has 3 heteroatoms. The third-order valence-electron chi connectivity index (χ3n) is 5.79. The lowest BCUT2D eigenvalue weighted by Crippen LogP contribution is -2.46. The van der Waals surface area contributed by atoms with Crippen LogP contribution >= 0.6 is 0 Å². The van der Waals surface area contributed by atoms with Crippen molar-refractivity contribution in [3.8, 4) is 0 Å². The van der Waals surface area contributed by atoms with E-state index in [4.69, 9.17) is 0 Å². The highest BCUT2D eigenvalue weighted by atomic mass is 16.3. The topological polar surface area (TPSA) is 35.5 Å². The van der Waals surface area contributed by atoms with Gasteiger partial charge in [-0.05, 0) is 76.4 Å². The average Bonchev–Trinajstić information content (AvgIpc) is 2.53. The first kappa shape index (κ1) is 17.2. The van der Waals surface area contributed by atoms with Crippen molar-refractivity contribution in [2.75, 3.05) is 32.8 Å². The minimum absolute atomic E-state index is 0.383. The zero-order valence-corrected chi connectivity index (χ0v) is 14.2. The maximum atomic E-state index is 9.53. The summed E-state index contributed by atoms with van der Waals surface area (Å²) in [6.45, 7) is 9.98. The molecule has 0 bridgehead atoms. The molecule has 0 amide bonds. The molecule has 0 spiro atoms. The largest absolute Gasteiger partial charge is 0.396 e. The Morgan fingerprint density at radius 2 is 1.90 bits per heavy atom. The summed E-state index contributed by atoms with van der Waals surface area (Å²) < 4.78 is 0.